The number of benzene rings is 2. The molecule has 2 aromatic carbocycles. The Balaban J connectivity index is 1.82. The molecule has 3 heteroatoms. The van der Waals surface area contributed by atoms with E-state index in [0.717, 1.165) is 18.8 Å². The summed E-state index contributed by atoms with van der Waals surface area (Å²) in [6, 6.07) is 14.5. The minimum Gasteiger partial charge on any atom is -0.487 e. The summed E-state index contributed by atoms with van der Waals surface area (Å²) in [5.74, 6) is 0.951. The first-order valence-electron chi connectivity index (χ1n) is 6.69. The van der Waals surface area contributed by atoms with Crippen LogP contribution < -0.4 is 4.74 Å². The Morgan fingerprint density at radius 2 is 1.95 bits per heavy atom. The average molecular weight is 321 g/mol. The zero-order valence-corrected chi connectivity index (χ0v) is 12.5. The highest BCUT2D eigenvalue weighted by Gasteiger charge is 2.42. The molecule has 0 amide bonds. The molecule has 3 atom stereocenters. The van der Waals surface area contributed by atoms with Gasteiger partial charge in [0.25, 0.3) is 0 Å². The third-order valence-electron chi connectivity index (χ3n) is 3.57. The van der Waals surface area contributed by atoms with Gasteiger partial charge in [0.1, 0.15) is 18.0 Å². The van der Waals surface area contributed by atoms with Crippen LogP contribution in [0.4, 0.5) is 0 Å². The molecule has 0 aromatic heterocycles. The zero-order chi connectivity index (χ0) is 13.2. The molecule has 2 aromatic rings. The van der Waals surface area contributed by atoms with Crippen molar-refractivity contribution in [2.24, 2.45) is 0 Å². The lowest BCUT2D eigenvalue weighted by Crippen LogP contribution is -2.52. The van der Waals surface area contributed by atoms with Crippen LogP contribution in [0.3, 0.4) is 0 Å². The first-order valence-corrected chi connectivity index (χ1v) is 7.61. The van der Waals surface area contributed by atoms with Gasteiger partial charge in [-0.05, 0) is 18.4 Å². The van der Waals surface area contributed by atoms with Gasteiger partial charge in [0, 0.05) is 23.2 Å². The zero-order valence-electron chi connectivity index (χ0n) is 10.9. The number of hydrogen-bond acceptors (Lipinski definition) is 2. The van der Waals surface area contributed by atoms with Crippen LogP contribution in [0.25, 0.3) is 10.8 Å². The predicted octanol–water partition coefficient (Wildman–Crippen LogP) is 4.16. The Morgan fingerprint density at radius 3 is 2.74 bits per heavy atom. The molecule has 1 saturated carbocycles. The SMILES string of the molecule is CCOC1C(Br)CC1Oc1cccc2ccccc12. The normalized spacial score (nSPS) is 26.1. The van der Waals surface area contributed by atoms with E-state index in [-0.39, 0.29) is 12.2 Å². The van der Waals surface area contributed by atoms with Crippen molar-refractivity contribution >= 4 is 26.7 Å². The molecule has 0 N–H and O–H groups in total. The van der Waals surface area contributed by atoms with Gasteiger partial charge in [0.2, 0.25) is 0 Å². The largest absolute Gasteiger partial charge is 0.487 e. The highest BCUT2D eigenvalue weighted by atomic mass is 79.9. The maximum atomic E-state index is 6.14. The summed E-state index contributed by atoms with van der Waals surface area (Å²) in [5, 5.41) is 2.38. The van der Waals surface area contributed by atoms with Gasteiger partial charge in [-0.1, -0.05) is 52.3 Å². The van der Waals surface area contributed by atoms with Gasteiger partial charge in [-0.25, -0.2) is 0 Å². The summed E-state index contributed by atoms with van der Waals surface area (Å²) in [4.78, 5) is 0.410. The topological polar surface area (TPSA) is 18.5 Å². The molecule has 1 fully saturated rings. The fourth-order valence-electron chi connectivity index (χ4n) is 2.51. The second kappa shape index (κ2) is 5.51. The smallest absolute Gasteiger partial charge is 0.127 e. The number of hydrogen-bond donors (Lipinski definition) is 0. The summed E-state index contributed by atoms with van der Waals surface area (Å²) >= 11 is 3.63. The van der Waals surface area contributed by atoms with Crippen molar-refractivity contribution in [1.82, 2.24) is 0 Å². The van der Waals surface area contributed by atoms with Crippen molar-refractivity contribution < 1.29 is 9.47 Å². The fourth-order valence-corrected chi connectivity index (χ4v) is 3.37. The van der Waals surface area contributed by atoms with E-state index in [9.17, 15) is 0 Å². The summed E-state index contributed by atoms with van der Waals surface area (Å²) in [6.45, 7) is 2.75. The standard InChI is InChI=1S/C16H17BrO2/c1-2-18-16-13(17)10-15(16)19-14-9-5-7-11-6-3-4-8-12(11)14/h3-9,13,15-16H,2,10H2,1H3. The molecule has 0 saturated heterocycles. The van der Waals surface area contributed by atoms with Crippen LogP contribution in [0.15, 0.2) is 42.5 Å². The minimum atomic E-state index is 0.148. The molecule has 100 valence electrons. The first-order chi connectivity index (χ1) is 9.29. The van der Waals surface area contributed by atoms with E-state index in [4.69, 9.17) is 9.47 Å². The second-order valence-corrected chi connectivity index (χ2v) is 5.98. The number of ether oxygens (including phenoxy) is 2. The Hall–Kier alpha value is -1.06. The van der Waals surface area contributed by atoms with E-state index >= 15 is 0 Å². The van der Waals surface area contributed by atoms with Crippen LogP contribution in [-0.4, -0.2) is 23.6 Å². The highest BCUT2D eigenvalue weighted by Crippen LogP contribution is 2.36. The van der Waals surface area contributed by atoms with E-state index in [0.29, 0.717) is 4.83 Å². The third kappa shape index (κ3) is 2.49. The van der Waals surface area contributed by atoms with Crippen LogP contribution in [-0.2, 0) is 4.74 Å². The lowest BCUT2D eigenvalue weighted by molar-refractivity contribution is -0.0718. The van der Waals surface area contributed by atoms with Crippen LogP contribution >= 0.6 is 15.9 Å². The van der Waals surface area contributed by atoms with Crippen molar-refractivity contribution in [2.45, 2.75) is 30.4 Å². The molecule has 19 heavy (non-hydrogen) atoms. The average Bonchev–Trinajstić information content (AvgIpc) is 2.45. The van der Waals surface area contributed by atoms with E-state index in [1.807, 2.05) is 31.2 Å². The molecule has 0 bridgehead atoms. The van der Waals surface area contributed by atoms with Gasteiger partial charge >= 0.3 is 0 Å². The Bertz CT molecular complexity index is 564. The summed E-state index contributed by atoms with van der Waals surface area (Å²) in [6.07, 6.45) is 1.30. The van der Waals surface area contributed by atoms with Gasteiger partial charge < -0.3 is 9.47 Å². The fraction of sp³-hybridized carbons (Fsp3) is 0.375. The maximum absolute atomic E-state index is 6.14. The van der Waals surface area contributed by atoms with E-state index in [2.05, 4.69) is 34.1 Å². The molecule has 3 rings (SSSR count). The molecule has 1 aliphatic carbocycles. The van der Waals surface area contributed by atoms with E-state index in [1.54, 1.807) is 0 Å². The monoisotopic (exact) mass is 320 g/mol. The van der Waals surface area contributed by atoms with Crippen LogP contribution in [0.5, 0.6) is 5.75 Å². The highest BCUT2D eigenvalue weighted by molar-refractivity contribution is 9.09. The molecule has 1 aliphatic rings. The third-order valence-corrected chi connectivity index (χ3v) is 4.46. The Kier molecular flexibility index (Phi) is 3.76. The Morgan fingerprint density at radius 1 is 1.16 bits per heavy atom. The second-order valence-electron chi connectivity index (χ2n) is 4.81. The van der Waals surface area contributed by atoms with Crippen molar-refractivity contribution in [2.75, 3.05) is 6.61 Å². The molecule has 2 nitrogen and oxygen atoms in total. The first kappa shape index (κ1) is 12.9. The molecule has 0 heterocycles. The number of alkyl halides is 1. The number of fused-ring (bicyclic) bond motifs is 1. The Labute approximate surface area is 121 Å². The van der Waals surface area contributed by atoms with Gasteiger partial charge in [-0.15, -0.1) is 0 Å². The lowest BCUT2D eigenvalue weighted by atomic mass is 9.91. The quantitative estimate of drug-likeness (QED) is 0.787. The molecule has 0 radical (unpaired) electrons. The number of rotatable bonds is 4. The predicted molar refractivity (Wildman–Crippen MR) is 81.1 cm³/mol. The van der Waals surface area contributed by atoms with Gasteiger partial charge in [-0.2, -0.15) is 0 Å². The van der Waals surface area contributed by atoms with Crippen LogP contribution in [0, 0.1) is 0 Å². The van der Waals surface area contributed by atoms with Crippen molar-refractivity contribution in [3.05, 3.63) is 42.5 Å². The van der Waals surface area contributed by atoms with E-state index < -0.39 is 0 Å². The van der Waals surface area contributed by atoms with Crippen molar-refractivity contribution in [3.8, 4) is 5.75 Å². The molecular formula is C16H17BrO2. The summed E-state index contributed by atoms with van der Waals surface area (Å²) < 4.78 is 11.9. The van der Waals surface area contributed by atoms with E-state index in [1.165, 1.54) is 10.8 Å². The summed E-state index contributed by atoms with van der Waals surface area (Å²) in [5.41, 5.74) is 0. The van der Waals surface area contributed by atoms with Gasteiger partial charge in [-0.3, -0.25) is 0 Å². The summed E-state index contributed by atoms with van der Waals surface area (Å²) in [7, 11) is 0. The van der Waals surface area contributed by atoms with Gasteiger partial charge in [0.15, 0.2) is 0 Å². The molecular weight excluding hydrogens is 304 g/mol. The van der Waals surface area contributed by atoms with Gasteiger partial charge in [0.05, 0.1) is 0 Å². The van der Waals surface area contributed by atoms with Crippen LogP contribution in [0.2, 0.25) is 0 Å². The molecule has 0 aliphatic heterocycles. The van der Waals surface area contributed by atoms with Crippen LogP contribution in [0.1, 0.15) is 13.3 Å². The van der Waals surface area contributed by atoms with Crippen molar-refractivity contribution in [3.63, 3.8) is 0 Å². The maximum Gasteiger partial charge on any atom is 0.127 e. The minimum absolute atomic E-state index is 0.148. The molecule has 3 unspecified atom stereocenters. The lowest BCUT2D eigenvalue weighted by Gasteiger charge is -2.40. The number of halogens is 1. The molecule has 0 spiro atoms. The van der Waals surface area contributed by atoms with Crippen molar-refractivity contribution in [1.29, 1.82) is 0 Å².